The highest BCUT2D eigenvalue weighted by Gasteiger charge is 2.17. The van der Waals surface area contributed by atoms with E-state index in [9.17, 15) is 19.3 Å². The maximum atomic E-state index is 13.8. The third-order valence-corrected chi connectivity index (χ3v) is 5.64. The summed E-state index contributed by atoms with van der Waals surface area (Å²) in [5.41, 5.74) is 0.758. The zero-order valence-electron chi connectivity index (χ0n) is 17.9. The minimum atomic E-state index is -0.604. The molecule has 0 aliphatic rings. The molecule has 5 aromatic rings. The lowest BCUT2D eigenvalue weighted by molar-refractivity contribution is -0.384. The first-order valence-electron chi connectivity index (χ1n) is 10.4. The fourth-order valence-electron chi connectivity index (χ4n) is 3.72. The second-order valence-corrected chi connectivity index (χ2v) is 7.94. The molecule has 172 valence electrons. The molecule has 0 amide bonds. The number of rotatable bonds is 5. The quantitative estimate of drug-likeness (QED) is 0.208. The lowest BCUT2D eigenvalue weighted by Gasteiger charge is -2.12. The second kappa shape index (κ2) is 9.00. The van der Waals surface area contributed by atoms with Crippen LogP contribution in [-0.4, -0.2) is 14.5 Å². The van der Waals surface area contributed by atoms with Crippen LogP contribution >= 0.6 is 11.6 Å². The van der Waals surface area contributed by atoms with E-state index < -0.39 is 10.7 Å². The molecule has 0 saturated heterocycles. The van der Waals surface area contributed by atoms with Crippen LogP contribution < -0.4 is 5.56 Å². The van der Waals surface area contributed by atoms with E-state index in [2.05, 4.69) is 4.98 Å². The fraction of sp³-hybridized carbons (Fsp3) is 0. The maximum absolute atomic E-state index is 13.8. The van der Waals surface area contributed by atoms with Gasteiger partial charge in [-0.2, -0.15) is 0 Å². The summed E-state index contributed by atoms with van der Waals surface area (Å²) in [5, 5.41) is 11.6. The van der Waals surface area contributed by atoms with Crippen molar-refractivity contribution in [1.29, 1.82) is 0 Å². The number of nitro benzene ring substituents is 1. The number of nitrogens with zero attached hydrogens (tertiary/aromatic N) is 3. The summed E-state index contributed by atoms with van der Waals surface area (Å²) in [6, 6.07) is 20.4. The summed E-state index contributed by atoms with van der Waals surface area (Å²) in [6.45, 7) is 0. The zero-order valence-corrected chi connectivity index (χ0v) is 18.6. The average Bonchev–Trinajstić information content (AvgIpc) is 3.34. The first kappa shape index (κ1) is 22.2. The molecule has 0 atom stereocenters. The van der Waals surface area contributed by atoms with Gasteiger partial charge < -0.3 is 4.42 Å². The van der Waals surface area contributed by atoms with E-state index in [1.807, 2.05) is 0 Å². The van der Waals surface area contributed by atoms with E-state index in [4.69, 9.17) is 16.0 Å². The van der Waals surface area contributed by atoms with Crippen LogP contribution in [0.4, 0.5) is 10.1 Å². The molecule has 7 nitrogen and oxygen atoms in total. The van der Waals surface area contributed by atoms with Gasteiger partial charge in [0.2, 0.25) is 0 Å². The van der Waals surface area contributed by atoms with Crippen LogP contribution in [0, 0.1) is 15.9 Å². The van der Waals surface area contributed by atoms with Gasteiger partial charge in [0.25, 0.3) is 11.2 Å². The Morgan fingerprint density at radius 2 is 1.77 bits per heavy atom. The minimum Gasteiger partial charge on any atom is -0.456 e. The third kappa shape index (κ3) is 4.22. The molecule has 9 heteroatoms. The Hall–Kier alpha value is -4.56. The number of para-hydroxylation sites is 2. The maximum Gasteiger partial charge on any atom is 0.280 e. The number of hydrogen-bond donors (Lipinski definition) is 0. The van der Waals surface area contributed by atoms with Gasteiger partial charge in [0.05, 0.1) is 32.1 Å². The van der Waals surface area contributed by atoms with Gasteiger partial charge in [-0.05, 0) is 60.7 Å². The predicted octanol–water partition coefficient (Wildman–Crippen LogP) is 6.52. The van der Waals surface area contributed by atoms with Crippen LogP contribution in [0.2, 0.25) is 5.02 Å². The Bertz CT molecular complexity index is 1690. The first-order chi connectivity index (χ1) is 16.9. The van der Waals surface area contributed by atoms with Crippen LogP contribution in [0.3, 0.4) is 0 Å². The monoisotopic (exact) mass is 487 g/mol. The highest BCUT2D eigenvalue weighted by atomic mass is 35.5. The number of furan rings is 1. The highest BCUT2D eigenvalue weighted by Crippen LogP contribution is 2.31. The van der Waals surface area contributed by atoms with Crippen molar-refractivity contribution in [2.75, 3.05) is 0 Å². The topological polar surface area (TPSA) is 91.2 Å². The summed E-state index contributed by atoms with van der Waals surface area (Å²) < 4.78 is 20.9. The molecule has 5 rings (SSSR count). The summed E-state index contributed by atoms with van der Waals surface area (Å²) in [4.78, 5) is 28.8. The van der Waals surface area contributed by atoms with Crippen LogP contribution in [0.15, 0.2) is 88.1 Å². The average molecular weight is 488 g/mol. The molecule has 0 bridgehead atoms. The number of nitro groups is 1. The highest BCUT2D eigenvalue weighted by molar-refractivity contribution is 6.30. The molecular weight excluding hydrogens is 473 g/mol. The Balaban J connectivity index is 1.61. The van der Waals surface area contributed by atoms with E-state index >= 15 is 0 Å². The number of halogens is 2. The SMILES string of the molecule is O=c1c2ccccc2nc(/C=C/c2ccc(-c3ccccc3[N+](=O)[O-])o2)n1-c1ccc(F)c(Cl)c1. The number of hydrogen-bond acceptors (Lipinski definition) is 5. The molecule has 0 fully saturated rings. The largest absolute Gasteiger partial charge is 0.456 e. The van der Waals surface area contributed by atoms with Crippen LogP contribution in [0.25, 0.3) is 40.1 Å². The summed E-state index contributed by atoms with van der Waals surface area (Å²) in [5.74, 6) is 0.378. The molecule has 35 heavy (non-hydrogen) atoms. The van der Waals surface area contributed by atoms with Gasteiger partial charge in [0, 0.05) is 6.07 Å². The Morgan fingerprint density at radius 3 is 2.57 bits per heavy atom. The van der Waals surface area contributed by atoms with Gasteiger partial charge in [-0.25, -0.2) is 9.37 Å². The Kier molecular flexibility index (Phi) is 5.72. The van der Waals surface area contributed by atoms with Crippen molar-refractivity contribution >= 4 is 40.3 Å². The summed E-state index contributed by atoms with van der Waals surface area (Å²) >= 11 is 5.96. The first-order valence-corrected chi connectivity index (χ1v) is 10.8. The number of benzene rings is 3. The minimum absolute atomic E-state index is 0.0735. The molecular formula is C26H15ClFN3O4. The molecule has 0 spiro atoms. The molecule has 2 aromatic heterocycles. The standard InChI is InChI=1S/C26H15ClFN3O4/c27-20-15-16(9-12-21(20)28)30-25(29-22-7-3-1-5-18(22)26(30)32)14-11-17-10-13-24(35-17)19-6-2-4-8-23(19)31(33)34/h1-15H/b14-11+. The molecule has 0 N–H and O–H groups in total. The van der Waals surface area contributed by atoms with Gasteiger partial charge in [-0.15, -0.1) is 0 Å². The van der Waals surface area contributed by atoms with E-state index in [0.29, 0.717) is 33.7 Å². The van der Waals surface area contributed by atoms with Crippen molar-refractivity contribution in [3.63, 3.8) is 0 Å². The Morgan fingerprint density at radius 1 is 1.00 bits per heavy atom. The van der Waals surface area contributed by atoms with Crippen LogP contribution in [0.1, 0.15) is 11.6 Å². The number of fused-ring (bicyclic) bond motifs is 1. The van der Waals surface area contributed by atoms with Gasteiger partial charge in [0.15, 0.2) is 0 Å². The van der Waals surface area contributed by atoms with Crippen molar-refractivity contribution in [3.05, 3.63) is 122 Å². The van der Waals surface area contributed by atoms with Crippen LogP contribution in [-0.2, 0) is 0 Å². The molecule has 0 radical (unpaired) electrons. The van der Waals surface area contributed by atoms with E-state index in [1.165, 1.54) is 28.8 Å². The van der Waals surface area contributed by atoms with E-state index in [1.54, 1.807) is 66.7 Å². The molecule has 0 saturated carbocycles. The molecule has 0 unspecified atom stereocenters. The molecule has 3 aromatic carbocycles. The summed E-state index contributed by atoms with van der Waals surface area (Å²) in [6.07, 6.45) is 3.17. The zero-order chi connectivity index (χ0) is 24.5. The lowest BCUT2D eigenvalue weighted by Crippen LogP contribution is -2.22. The smallest absolute Gasteiger partial charge is 0.280 e. The van der Waals surface area contributed by atoms with Crippen molar-refractivity contribution in [2.24, 2.45) is 0 Å². The van der Waals surface area contributed by atoms with Gasteiger partial charge in [0.1, 0.15) is 23.2 Å². The van der Waals surface area contributed by atoms with E-state index in [0.717, 1.165) is 0 Å². The van der Waals surface area contributed by atoms with Gasteiger partial charge in [-0.3, -0.25) is 19.5 Å². The van der Waals surface area contributed by atoms with E-state index in [-0.39, 0.29) is 22.1 Å². The summed E-state index contributed by atoms with van der Waals surface area (Å²) in [7, 11) is 0. The molecule has 0 aliphatic carbocycles. The van der Waals surface area contributed by atoms with Crippen molar-refractivity contribution < 1.29 is 13.7 Å². The fourth-order valence-corrected chi connectivity index (χ4v) is 3.90. The van der Waals surface area contributed by atoms with Gasteiger partial charge >= 0.3 is 0 Å². The lowest BCUT2D eigenvalue weighted by atomic mass is 10.1. The number of aromatic nitrogens is 2. The second-order valence-electron chi connectivity index (χ2n) is 7.54. The van der Waals surface area contributed by atoms with Gasteiger partial charge in [-0.1, -0.05) is 35.9 Å². The predicted molar refractivity (Wildman–Crippen MR) is 132 cm³/mol. The normalized spacial score (nSPS) is 11.4. The van der Waals surface area contributed by atoms with Crippen LogP contribution in [0.5, 0.6) is 0 Å². The van der Waals surface area contributed by atoms with Crippen molar-refractivity contribution in [2.45, 2.75) is 0 Å². The van der Waals surface area contributed by atoms with Crippen molar-refractivity contribution in [1.82, 2.24) is 9.55 Å². The molecule has 2 heterocycles. The third-order valence-electron chi connectivity index (χ3n) is 5.35. The van der Waals surface area contributed by atoms with Crippen molar-refractivity contribution in [3.8, 4) is 17.0 Å². The Labute approximate surface area is 202 Å². The molecule has 0 aliphatic heterocycles.